The summed E-state index contributed by atoms with van der Waals surface area (Å²) in [6.07, 6.45) is 2.69. The van der Waals surface area contributed by atoms with E-state index in [0.29, 0.717) is 25.6 Å². The maximum absolute atomic E-state index is 12.2. The van der Waals surface area contributed by atoms with Crippen molar-refractivity contribution in [2.24, 2.45) is 0 Å². The first kappa shape index (κ1) is 17.7. The Morgan fingerprint density at radius 3 is 2.76 bits per heavy atom. The van der Waals surface area contributed by atoms with Gasteiger partial charge in [0.2, 0.25) is 5.91 Å². The highest BCUT2D eigenvalue weighted by Gasteiger charge is 2.32. The molecule has 2 aliphatic rings. The predicted octanol–water partition coefficient (Wildman–Crippen LogP) is 1.88. The van der Waals surface area contributed by atoms with Gasteiger partial charge >= 0.3 is 6.03 Å². The van der Waals surface area contributed by atoms with Crippen LogP contribution < -0.4 is 15.5 Å². The normalized spacial score (nSPS) is 23.9. The summed E-state index contributed by atoms with van der Waals surface area (Å²) >= 11 is 0. The standard InChI is InChI=1S/C19H28N4O2/c1-3-22-10-4-5-17(22)12-20-19(25)21-15-11-18(24)23(13-15)16-8-6-14(2)7-9-16/h6-9,15,17H,3-5,10-13H2,1-2H3,(H2,20,21,25). The van der Waals surface area contributed by atoms with Crippen molar-refractivity contribution in [3.63, 3.8) is 0 Å². The Hall–Kier alpha value is -2.08. The molecule has 1 aromatic rings. The van der Waals surface area contributed by atoms with Gasteiger partial charge in [-0.05, 0) is 45.0 Å². The lowest BCUT2D eigenvalue weighted by Crippen LogP contribution is -2.47. The Bertz CT molecular complexity index is 616. The zero-order valence-corrected chi connectivity index (χ0v) is 15.1. The summed E-state index contributed by atoms with van der Waals surface area (Å²) in [4.78, 5) is 28.6. The van der Waals surface area contributed by atoms with Crippen molar-refractivity contribution in [1.82, 2.24) is 15.5 Å². The quantitative estimate of drug-likeness (QED) is 0.857. The van der Waals surface area contributed by atoms with Crippen LogP contribution in [0.5, 0.6) is 0 Å². The minimum atomic E-state index is -0.175. The van der Waals surface area contributed by atoms with Crippen LogP contribution >= 0.6 is 0 Å². The second kappa shape index (κ2) is 7.87. The highest BCUT2D eigenvalue weighted by molar-refractivity contribution is 5.96. The highest BCUT2D eigenvalue weighted by Crippen LogP contribution is 2.22. The summed E-state index contributed by atoms with van der Waals surface area (Å²) < 4.78 is 0. The Kier molecular flexibility index (Phi) is 5.58. The fraction of sp³-hybridized carbons (Fsp3) is 0.579. The molecule has 3 amide bonds. The van der Waals surface area contributed by atoms with Crippen molar-refractivity contribution in [3.8, 4) is 0 Å². The van der Waals surface area contributed by atoms with Crippen LogP contribution in [0.1, 0.15) is 31.7 Å². The summed E-state index contributed by atoms with van der Waals surface area (Å²) in [6.45, 7) is 7.52. The van der Waals surface area contributed by atoms with E-state index in [-0.39, 0.29) is 18.0 Å². The van der Waals surface area contributed by atoms with E-state index in [9.17, 15) is 9.59 Å². The number of urea groups is 1. The monoisotopic (exact) mass is 344 g/mol. The number of aryl methyl sites for hydroxylation is 1. The number of likely N-dealkylation sites (N-methyl/N-ethyl adjacent to an activating group) is 1. The number of anilines is 1. The maximum Gasteiger partial charge on any atom is 0.315 e. The first-order chi connectivity index (χ1) is 12.1. The molecule has 25 heavy (non-hydrogen) atoms. The zero-order valence-electron chi connectivity index (χ0n) is 15.1. The molecule has 1 aromatic carbocycles. The number of carbonyl (C=O) groups is 2. The molecule has 0 bridgehead atoms. The summed E-state index contributed by atoms with van der Waals surface area (Å²) in [5.74, 6) is 0.0575. The van der Waals surface area contributed by atoms with Gasteiger partial charge in [-0.3, -0.25) is 9.69 Å². The van der Waals surface area contributed by atoms with Crippen LogP contribution in [0.2, 0.25) is 0 Å². The summed E-state index contributed by atoms with van der Waals surface area (Å²) in [5.41, 5.74) is 2.06. The molecule has 0 spiro atoms. The number of hydrogen-bond acceptors (Lipinski definition) is 3. The molecule has 2 unspecified atom stereocenters. The van der Waals surface area contributed by atoms with Crippen LogP contribution in [0.4, 0.5) is 10.5 Å². The van der Waals surface area contributed by atoms with Crippen molar-refractivity contribution >= 4 is 17.6 Å². The number of hydrogen-bond donors (Lipinski definition) is 2. The number of benzene rings is 1. The smallest absolute Gasteiger partial charge is 0.315 e. The molecule has 0 saturated carbocycles. The molecule has 2 aliphatic heterocycles. The largest absolute Gasteiger partial charge is 0.337 e. The minimum Gasteiger partial charge on any atom is -0.337 e. The topological polar surface area (TPSA) is 64.7 Å². The van der Waals surface area contributed by atoms with Gasteiger partial charge in [-0.25, -0.2) is 4.79 Å². The van der Waals surface area contributed by atoms with E-state index in [1.165, 1.54) is 6.42 Å². The van der Waals surface area contributed by atoms with Crippen molar-refractivity contribution in [2.75, 3.05) is 31.1 Å². The fourth-order valence-electron chi connectivity index (χ4n) is 3.77. The number of nitrogens with zero attached hydrogens (tertiary/aromatic N) is 2. The van der Waals surface area contributed by atoms with Crippen molar-refractivity contribution in [1.29, 1.82) is 0 Å². The average molecular weight is 344 g/mol. The predicted molar refractivity (Wildman–Crippen MR) is 98.7 cm³/mol. The molecule has 0 aliphatic carbocycles. The lowest BCUT2D eigenvalue weighted by atomic mass is 10.2. The molecule has 0 radical (unpaired) electrons. The van der Waals surface area contributed by atoms with Gasteiger partial charge in [0.25, 0.3) is 0 Å². The SMILES string of the molecule is CCN1CCCC1CNC(=O)NC1CC(=O)N(c2ccc(C)cc2)C1. The van der Waals surface area contributed by atoms with Gasteiger partial charge in [0.15, 0.2) is 0 Å². The Morgan fingerprint density at radius 2 is 2.04 bits per heavy atom. The number of amides is 3. The van der Waals surface area contributed by atoms with Gasteiger partial charge in [0.05, 0.1) is 6.04 Å². The molecule has 136 valence electrons. The van der Waals surface area contributed by atoms with Gasteiger partial charge in [-0.1, -0.05) is 24.6 Å². The van der Waals surface area contributed by atoms with Crippen LogP contribution in [0, 0.1) is 6.92 Å². The van der Waals surface area contributed by atoms with Crippen LogP contribution in [-0.2, 0) is 4.79 Å². The van der Waals surface area contributed by atoms with Crippen LogP contribution in [0.15, 0.2) is 24.3 Å². The molecular weight excluding hydrogens is 316 g/mol. The highest BCUT2D eigenvalue weighted by atomic mass is 16.2. The second-order valence-electron chi connectivity index (χ2n) is 7.02. The number of nitrogens with one attached hydrogen (secondary N) is 2. The Labute approximate surface area is 149 Å². The molecule has 6 heteroatoms. The minimum absolute atomic E-state index is 0.0575. The lowest BCUT2D eigenvalue weighted by Gasteiger charge is -2.23. The van der Waals surface area contributed by atoms with Crippen LogP contribution in [-0.4, -0.2) is 55.1 Å². The van der Waals surface area contributed by atoms with Crippen molar-refractivity contribution < 1.29 is 9.59 Å². The van der Waals surface area contributed by atoms with Gasteiger partial charge in [0.1, 0.15) is 0 Å². The van der Waals surface area contributed by atoms with E-state index < -0.39 is 0 Å². The summed E-state index contributed by atoms with van der Waals surface area (Å²) in [5, 5.41) is 5.92. The molecule has 2 N–H and O–H groups in total. The van der Waals surface area contributed by atoms with Crippen molar-refractivity contribution in [3.05, 3.63) is 29.8 Å². The average Bonchev–Trinajstić information content (AvgIpc) is 3.19. The second-order valence-corrected chi connectivity index (χ2v) is 7.02. The molecule has 2 heterocycles. The molecule has 6 nitrogen and oxygen atoms in total. The Balaban J connectivity index is 1.47. The zero-order chi connectivity index (χ0) is 17.8. The number of carbonyl (C=O) groups excluding carboxylic acids is 2. The fourth-order valence-corrected chi connectivity index (χ4v) is 3.77. The number of likely N-dealkylation sites (tertiary alicyclic amines) is 1. The molecule has 3 rings (SSSR count). The van der Waals surface area contributed by atoms with Crippen LogP contribution in [0.25, 0.3) is 0 Å². The summed E-state index contributed by atoms with van der Waals surface area (Å²) in [7, 11) is 0. The van der Waals surface area contributed by atoms with Crippen molar-refractivity contribution in [2.45, 2.75) is 45.2 Å². The summed E-state index contributed by atoms with van der Waals surface area (Å²) in [6, 6.07) is 8.02. The first-order valence-corrected chi connectivity index (χ1v) is 9.22. The third-order valence-corrected chi connectivity index (χ3v) is 5.21. The van der Waals surface area contributed by atoms with E-state index in [1.807, 2.05) is 31.2 Å². The number of rotatable bonds is 5. The molecular formula is C19H28N4O2. The van der Waals surface area contributed by atoms with Crippen LogP contribution in [0.3, 0.4) is 0 Å². The van der Waals surface area contributed by atoms with Gasteiger partial charge in [0, 0.05) is 31.2 Å². The van der Waals surface area contributed by atoms with E-state index in [2.05, 4.69) is 22.5 Å². The third-order valence-electron chi connectivity index (χ3n) is 5.21. The maximum atomic E-state index is 12.2. The van der Waals surface area contributed by atoms with E-state index in [1.54, 1.807) is 4.90 Å². The Morgan fingerprint density at radius 1 is 1.28 bits per heavy atom. The first-order valence-electron chi connectivity index (χ1n) is 9.22. The van der Waals surface area contributed by atoms with Gasteiger partial charge in [-0.15, -0.1) is 0 Å². The lowest BCUT2D eigenvalue weighted by molar-refractivity contribution is -0.117. The molecule has 2 saturated heterocycles. The molecule has 2 fully saturated rings. The van der Waals surface area contributed by atoms with E-state index in [0.717, 1.165) is 30.8 Å². The van der Waals surface area contributed by atoms with Gasteiger partial charge in [-0.2, -0.15) is 0 Å². The third kappa shape index (κ3) is 4.31. The van der Waals surface area contributed by atoms with E-state index in [4.69, 9.17) is 0 Å². The molecule has 2 atom stereocenters. The van der Waals surface area contributed by atoms with Gasteiger partial charge < -0.3 is 15.5 Å². The molecule has 0 aromatic heterocycles. The van der Waals surface area contributed by atoms with E-state index >= 15 is 0 Å².